The minimum atomic E-state index is 0.893. The molecule has 3 rings (SSSR count). The van der Waals surface area contributed by atoms with E-state index in [1.54, 1.807) is 14.2 Å². The number of rotatable bonds is 5. The first kappa shape index (κ1) is 15.1. The smallest absolute Gasteiger partial charge is 0.130 e. The average Bonchev–Trinajstić information content (AvgIpc) is 2.59. The molecule has 0 aromatic heterocycles. The molecule has 1 saturated heterocycles. The summed E-state index contributed by atoms with van der Waals surface area (Å²) in [7, 11) is 3.46. The summed E-state index contributed by atoms with van der Waals surface area (Å²) in [6.45, 7) is 5.51. The van der Waals surface area contributed by atoms with Crippen molar-refractivity contribution in [2.75, 3.05) is 46.9 Å². The van der Waals surface area contributed by atoms with Crippen LogP contribution in [0, 0.1) is 0 Å². The molecule has 1 heterocycles. The lowest BCUT2D eigenvalue weighted by Gasteiger charge is -2.27. The molecule has 0 bridgehead atoms. The first-order valence-electron chi connectivity index (χ1n) is 7.89. The third-order valence-electron chi connectivity index (χ3n) is 4.38. The van der Waals surface area contributed by atoms with Crippen LogP contribution in [0.2, 0.25) is 0 Å². The van der Waals surface area contributed by atoms with Gasteiger partial charge in [-0.15, -0.1) is 0 Å². The van der Waals surface area contributed by atoms with Crippen LogP contribution in [0.1, 0.15) is 5.56 Å². The second-order valence-corrected chi connectivity index (χ2v) is 5.65. The Morgan fingerprint density at radius 3 is 2.55 bits per heavy atom. The van der Waals surface area contributed by atoms with Crippen molar-refractivity contribution in [1.29, 1.82) is 0 Å². The molecule has 118 valence electrons. The van der Waals surface area contributed by atoms with E-state index >= 15 is 0 Å². The fourth-order valence-electron chi connectivity index (χ4n) is 3.18. The van der Waals surface area contributed by atoms with Crippen molar-refractivity contribution in [1.82, 2.24) is 10.2 Å². The molecular formula is C18H24N2O2. The Bertz CT molecular complexity index is 636. The van der Waals surface area contributed by atoms with Crippen molar-refractivity contribution < 1.29 is 9.47 Å². The van der Waals surface area contributed by atoms with Crippen LogP contribution in [0.3, 0.4) is 0 Å². The first-order valence-corrected chi connectivity index (χ1v) is 7.89. The van der Waals surface area contributed by atoms with E-state index in [1.165, 1.54) is 5.56 Å². The van der Waals surface area contributed by atoms with Gasteiger partial charge in [-0.05, 0) is 18.1 Å². The van der Waals surface area contributed by atoms with Gasteiger partial charge in [-0.25, -0.2) is 0 Å². The van der Waals surface area contributed by atoms with E-state index < -0.39 is 0 Å². The molecule has 22 heavy (non-hydrogen) atoms. The van der Waals surface area contributed by atoms with Gasteiger partial charge in [-0.1, -0.05) is 24.3 Å². The SMILES string of the molecule is COc1cccc2c(OC)c(CCN3CCNCC3)ccc12. The van der Waals surface area contributed by atoms with Gasteiger partial charge in [0, 0.05) is 43.5 Å². The Balaban J connectivity index is 1.86. The Kier molecular flexibility index (Phi) is 4.80. The van der Waals surface area contributed by atoms with Crippen molar-refractivity contribution in [3.63, 3.8) is 0 Å². The molecule has 4 nitrogen and oxygen atoms in total. The highest BCUT2D eigenvalue weighted by Gasteiger charge is 2.14. The quantitative estimate of drug-likeness (QED) is 0.919. The number of nitrogens with zero attached hydrogens (tertiary/aromatic N) is 1. The van der Waals surface area contributed by atoms with E-state index in [1.807, 2.05) is 12.1 Å². The van der Waals surface area contributed by atoms with E-state index in [-0.39, 0.29) is 0 Å². The number of nitrogens with one attached hydrogen (secondary N) is 1. The summed E-state index contributed by atoms with van der Waals surface area (Å²) < 4.78 is 11.2. The molecule has 0 saturated carbocycles. The van der Waals surface area contributed by atoms with Gasteiger partial charge in [-0.3, -0.25) is 0 Å². The van der Waals surface area contributed by atoms with Crippen molar-refractivity contribution in [3.8, 4) is 11.5 Å². The molecule has 0 aliphatic carbocycles. The van der Waals surface area contributed by atoms with Crippen LogP contribution in [0.5, 0.6) is 11.5 Å². The Morgan fingerprint density at radius 2 is 1.82 bits per heavy atom. The molecule has 0 atom stereocenters. The number of piperazine rings is 1. The summed E-state index contributed by atoms with van der Waals surface area (Å²) in [5, 5.41) is 5.62. The van der Waals surface area contributed by atoms with Crippen LogP contribution in [0.25, 0.3) is 10.8 Å². The Hall–Kier alpha value is -1.78. The molecule has 2 aromatic carbocycles. The highest BCUT2D eigenvalue weighted by Crippen LogP contribution is 2.35. The minimum Gasteiger partial charge on any atom is -0.496 e. The Labute approximate surface area is 132 Å². The maximum Gasteiger partial charge on any atom is 0.130 e. The molecular weight excluding hydrogens is 276 g/mol. The van der Waals surface area contributed by atoms with Crippen molar-refractivity contribution in [2.45, 2.75) is 6.42 Å². The number of benzene rings is 2. The third-order valence-corrected chi connectivity index (χ3v) is 4.38. The van der Waals surface area contributed by atoms with Gasteiger partial charge in [0.25, 0.3) is 0 Å². The monoisotopic (exact) mass is 300 g/mol. The summed E-state index contributed by atoms with van der Waals surface area (Å²) in [6, 6.07) is 10.4. The molecule has 1 fully saturated rings. The minimum absolute atomic E-state index is 0.893. The van der Waals surface area contributed by atoms with Gasteiger partial charge in [0.05, 0.1) is 14.2 Å². The molecule has 1 aliphatic rings. The summed E-state index contributed by atoms with van der Waals surface area (Å²) in [6.07, 6.45) is 1.01. The second-order valence-electron chi connectivity index (χ2n) is 5.65. The predicted octanol–water partition coefficient (Wildman–Crippen LogP) is 2.30. The number of hydrogen-bond donors (Lipinski definition) is 1. The zero-order valence-electron chi connectivity index (χ0n) is 13.4. The maximum atomic E-state index is 5.71. The average molecular weight is 300 g/mol. The van der Waals surface area contributed by atoms with Crippen LogP contribution in [-0.2, 0) is 6.42 Å². The van der Waals surface area contributed by atoms with E-state index in [0.717, 1.165) is 61.4 Å². The largest absolute Gasteiger partial charge is 0.496 e. The van der Waals surface area contributed by atoms with E-state index in [2.05, 4.69) is 28.4 Å². The van der Waals surface area contributed by atoms with Gasteiger partial charge in [0.1, 0.15) is 11.5 Å². The lowest BCUT2D eigenvalue weighted by Crippen LogP contribution is -2.44. The zero-order chi connectivity index (χ0) is 15.4. The Morgan fingerprint density at radius 1 is 1.00 bits per heavy atom. The second kappa shape index (κ2) is 6.99. The summed E-state index contributed by atoms with van der Waals surface area (Å²) in [5.74, 6) is 1.87. The topological polar surface area (TPSA) is 33.7 Å². The van der Waals surface area contributed by atoms with Crippen molar-refractivity contribution >= 4 is 10.8 Å². The van der Waals surface area contributed by atoms with Crippen LogP contribution < -0.4 is 14.8 Å². The van der Waals surface area contributed by atoms with Gasteiger partial charge in [0.15, 0.2) is 0 Å². The van der Waals surface area contributed by atoms with Crippen LogP contribution in [0.4, 0.5) is 0 Å². The number of methoxy groups -OCH3 is 2. The van der Waals surface area contributed by atoms with Crippen molar-refractivity contribution in [2.24, 2.45) is 0 Å². The number of fused-ring (bicyclic) bond motifs is 1. The van der Waals surface area contributed by atoms with Crippen LogP contribution in [-0.4, -0.2) is 51.8 Å². The molecule has 2 aromatic rings. The van der Waals surface area contributed by atoms with Gasteiger partial charge in [0.2, 0.25) is 0 Å². The summed E-state index contributed by atoms with van der Waals surface area (Å²) in [5.41, 5.74) is 1.27. The van der Waals surface area contributed by atoms with E-state index in [4.69, 9.17) is 9.47 Å². The predicted molar refractivity (Wildman–Crippen MR) is 90.1 cm³/mol. The normalized spacial score (nSPS) is 15.9. The van der Waals surface area contributed by atoms with Gasteiger partial charge in [-0.2, -0.15) is 0 Å². The standard InChI is InChI=1S/C18H24N2O2/c1-21-17-5-3-4-16-15(17)7-6-14(18(16)22-2)8-11-20-12-9-19-10-13-20/h3-7,19H,8-13H2,1-2H3. The maximum absolute atomic E-state index is 5.71. The lowest BCUT2D eigenvalue weighted by atomic mass is 10.0. The lowest BCUT2D eigenvalue weighted by molar-refractivity contribution is 0.243. The molecule has 0 amide bonds. The fraction of sp³-hybridized carbons (Fsp3) is 0.444. The van der Waals surface area contributed by atoms with Crippen LogP contribution >= 0.6 is 0 Å². The summed E-state index contributed by atoms with van der Waals surface area (Å²) in [4.78, 5) is 2.51. The van der Waals surface area contributed by atoms with E-state index in [9.17, 15) is 0 Å². The fourth-order valence-corrected chi connectivity index (χ4v) is 3.18. The van der Waals surface area contributed by atoms with Crippen molar-refractivity contribution in [3.05, 3.63) is 35.9 Å². The van der Waals surface area contributed by atoms with Gasteiger partial charge < -0.3 is 19.7 Å². The molecule has 1 N–H and O–H groups in total. The molecule has 0 spiro atoms. The number of ether oxygens (including phenoxy) is 2. The van der Waals surface area contributed by atoms with Crippen LogP contribution in [0.15, 0.2) is 30.3 Å². The molecule has 4 heteroatoms. The molecule has 1 aliphatic heterocycles. The number of hydrogen-bond acceptors (Lipinski definition) is 4. The first-order chi connectivity index (χ1) is 10.8. The molecule has 0 unspecified atom stereocenters. The van der Waals surface area contributed by atoms with Gasteiger partial charge >= 0.3 is 0 Å². The molecule has 0 radical (unpaired) electrons. The zero-order valence-corrected chi connectivity index (χ0v) is 13.4. The highest BCUT2D eigenvalue weighted by molar-refractivity contribution is 5.94. The third kappa shape index (κ3) is 3.03. The summed E-state index contributed by atoms with van der Waals surface area (Å²) >= 11 is 0. The highest BCUT2D eigenvalue weighted by atomic mass is 16.5. The van der Waals surface area contributed by atoms with E-state index in [0.29, 0.717) is 0 Å².